The maximum atomic E-state index is 12.3. The Labute approximate surface area is 124 Å². The molecule has 0 aromatic carbocycles. The smallest absolute Gasteiger partial charge is 0.214 e. The first-order valence-corrected chi connectivity index (χ1v) is 9.61. The first-order chi connectivity index (χ1) is 9.29. The Morgan fingerprint density at radius 2 is 1.85 bits per heavy atom. The Morgan fingerprint density at radius 1 is 1.15 bits per heavy atom. The van der Waals surface area contributed by atoms with E-state index in [0.717, 1.165) is 31.8 Å². The summed E-state index contributed by atoms with van der Waals surface area (Å²) in [6.45, 7) is 9.01. The summed E-state index contributed by atoms with van der Waals surface area (Å²) in [6, 6.07) is 0.720. The van der Waals surface area contributed by atoms with Gasteiger partial charge in [-0.1, -0.05) is 20.8 Å². The lowest BCUT2D eigenvalue weighted by Gasteiger charge is -2.26. The highest BCUT2D eigenvalue weighted by atomic mass is 32.2. The molecule has 5 heteroatoms. The molecule has 20 heavy (non-hydrogen) atoms. The second-order valence-corrected chi connectivity index (χ2v) is 9.55. The van der Waals surface area contributed by atoms with Gasteiger partial charge < -0.3 is 5.32 Å². The number of nitrogens with one attached hydrogen (secondary N) is 1. The van der Waals surface area contributed by atoms with Crippen molar-refractivity contribution in [3.05, 3.63) is 0 Å². The van der Waals surface area contributed by atoms with Crippen molar-refractivity contribution in [3.63, 3.8) is 0 Å². The summed E-state index contributed by atoms with van der Waals surface area (Å²) in [5, 5.41) is 3.43. The monoisotopic (exact) mass is 302 g/mol. The molecule has 0 aromatic heterocycles. The normalized spacial score (nSPS) is 25.2. The third kappa shape index (κ3) is 4.71. The molecule has 0 bridgehead atoms. The van der Waals surface area contributed by atoms with Gasteiger partial charge in [-0.05, 0) is 50.0 Å². The lowest BCUT2D eigenvalue weighted by Crippen LogP contribution is -2.33. The fourth-order valence-electron chi connectivity index (χ4n) is 2.82. The number of sulfonamides is 1. The van der Waals surface area contributed by atoms with E-state index in [9.17, 15) is 8.42 Å². The largest absolute Gasteiger partial charge is 0.314 e. The molecule has 1 N–H and O–H groups in total. The number of unbranched alkanes of at least 4 members (excludes halogenated alkanes) is 1. The van der Waals surface area contributed by atoms with Gasteiger partial charge in [-0.3, -0.25) is 0 Å². The lowest BCUT2D eigenvalue weighted by molar-refractivity contribution is 0.252. The van der Waals surface area contributed by atoms with Crippen molar-refractivity contribution in [2.75, 3.05) is 25.4 Å². The Bertz CT molecular complexity index is 410. The summed E-state index contributed by atoms with van der Waals surface area (Å²) in [5.41, 5.74) is 0.207. The van der Waals surface area contributed by atoms with Gasteiger partial charge in [-0.15, -0.1) is 0 Å². The molecule has 0 spiro atoms. The highest BCUT2D eigenvalue weighted by Gasteiger charge is 2.36. The van der Waals surface area contributed by atoms with E-state index in [1.807, 2.05) is 0 Å². The summed E-state index contributed by atoms with van der Waals surface area (Å²) in [7, 11) is -3.03. The van der Waals surface area contributed by atoms with Gasteiger partial charge in [-0.25, -0.2) is 12.7 Å². The molecule has 1 aliphatic carbocycles. The molecule has 2 fully saturated rings. The molecule has 2 aliphatic rings. The van der Waals surface area contributed by atoms with E-state index in [4.69, 9.17) is 0 Å². The summed E-state index contributed by atoms with van der Waals surface area (Å²) < 4.78 is 26.4. The topological polar surface area (TPSA) is 49.4 Å². The zero-order valence-electron chi connectivity index (χ0n) is 13.2. The highest BCUT2D eigenvalue weighted by Crippen LogP contribution is 2.34. The van der Waals surface area contributed by atoms with Crippen molar-refractivity contribution in [2.24, 2.45) is 11.3 Å². The Hall–Kier alpha value is -0.130. The molecule has 1 atom stereocenters. The maximum Gasteiger partial charge on any atom is 0.214 e. The fourth-order valence-corrected chi connectivity index (χ4v) is 4.44. The summed E-state index contributed by atoms with van der Waals surface area (Å²) >= 11 is 0. The summed E-state index contributed by atoms with van der Waals surface area (Å²) in [6.07, 6.45) is 5.33. The molecule has 1 heterocycles. The van der Waals surface area contributed by atoms with Gasteiger partial charge in [0.1, 0.15) is 0 Å². The zero-order valence-corrected chi connectivity index (χ0v) is 14.0. The third-order valence-corrected chi connectivity index (χ3v) is 6.53. The van der Waals surface area contributed by atoms with Crippen LogP contribution >= 0.6 is 0 Å². The van der Waals surface area contributed by atoms with Gasteiger partial charge >= 0.3 is 0 Å². The second kappa shape index (κ2) is 6.32. The van der Waals surface area contributed by atoms with Gasteiger partial charge in [0.2, 0.25) is 10.0 Å². The predicted molar refractivity (Wildman–Crippen MR) is 83.2 cm³/mol. The maximum absolute atomic E-state index is 12.3. The molecule has 118 valence electrons. The Kier molecular flexibility index (Phi) is 5.14. The molecular weight excluding hydrogens is 272 g/mol. The van der Waals surface area contributed by atoms with Crippen LogP contribution in [0.2, 0.25) is 0 Å². The average Bonchev–Trinajstić information content (AvgIpc) is 3.00. The van der Waals surface area contributed by atoms with Crippen LogP contribution in [0.5, 0.6) is 0 Å². The van der Waals surface area contributed by atoms with Gasteiger partial charge in [0, 0.05) is 19.1 Å². The number of nitrogens with zero attached hydrogens (tertiary/aromatic N) is 1. The molecule has 1 aliphatic heterocycles. The predicted octanol–water partition coefficient (Wildman–Crippen LogP) is 2.22. The average molecular weight is 302 g/mol. The van der Waals surface area contributed by atoms with Crippen molar-refractivity contribution in [2.45, 2.75) is 58.9 Å². The molecule has 2 rings (SSSR count). The van der Waals surface area contributed by atoms with Crippen molar-refractivity contribution in [3.8, 4) is 0 Å². The SMILES string of the molecule is CC(C)(C)C1CCN(S(=O)(=O)CCCCNC2CC2)C1. The molecular formula is C15H30N2O2S. The van der Waals surface area contributed by atoms with Gasteiger partial charge in [0.05, 0.1) is 5.75 Å². The summed E-state index contributed by atoms with van der Waals surface area (Å²) in [4.78, 5) is 0. The molecule has 1 unspecified atom stereocenters. The first kappa shape index (κ1) is 16.2. The fraction of sp³-hybridized carbons (Fsp3) is 1.00. The van der Waals surface area contributed by atoms with Crippen LogP contribution in [0.1, 0.15) is 52.9 Å². The second-order valence-electron chi connectivity index (χ2n) is 7.46. The lowest BCUT2D eigenvalue weighted by atomic mass is 9.80. The molecule has 0 amide bonds. The van der Waals surface area contributed by atoms with Crippen LogP contribution in [0, 0.1) is 11.3 Å². The number of rotatable bonds is 7. The standard InChI is InChI=1S/C15H30N2O2S/c1-15(2,3)13-8-10-17(12-13)20(18,19)11-5-4-9-16-14-6-7-14/h13-14,16H,4-12H2,1-3H3. The van der Waals surface area contributed by atoms with Gasteiger partial charge in [-0.2, -0.15) is 0 Å². The Balaban J connectivity index is 1.70. The van der Waals surface area contributed by atoms with Crippen LogP contribution in [0.4, 0.5) is 0 Å². The van der Waals surface area contributed by atoms with E-state index in [1.54, 1.807) is 4.31 Å². The molecule has 1 saturated carbocycles. The van der Waals surface area contributed by atoms with Crippen molar-refractivity contribution >= 4 is 10.0 Å². The zero-order chi connectivity index (χ0) is 14.8. The van der Waals surface area contributed by atoms with E-state index < -0.39 is 10.0 Å². The van der Waals surface area contributed by atoms with Gasteiger partial charge in [0.25, 0.3) is 0 Å². The summed E-state index contributed by atoms with van der Waals surface area (Å²) in [5.74, 6) is 0.810. The van der Waals surface area contributed by atoms with E-state index in [2.05, 4.69) is 26.1 Å². The Morgan fingerprint density at radius 3 is 2.40 bits per heavy atom. The molecule has 1 saturated heterocycles. The van der Waals surface area contributed by atoms with E-state index >= 15 is 0 Å². The van der Waals surface area contributed by atoms with E-state index in [-0.39, 0.29) is 5.41 Å². The van der Waals surface area contributed by atoms with Gasteiger partial charge in [0.15, 0.2) is 0 Å². The van der Waals surface area contributed by atoms with Crippen LogP contribution in [0.3, 0.4) is 0 Å². The molecule has 0 radical (unpaired) electrons. The number of hydrogen-bond acceptors (Lipinski definition) is 3. The minimum Gasteiger partial charge on any atom is -0.314 e. The highest BCUT2D eigenvalue weighted by molar-refractivity contribution is 7.89. The minimum absolute atomic E-state index is 0.207. The van der Waals surface area contributed by atoms with Crippen LogP contribution in [0.15, 0.2) is 0 Å². The first-order valence-electron chi connectivity index (χ1n) is 8.00. The third-order valence-electron chi connectivity index (χ3n) is 4.61. The van der Waals surface area contributed by atoms with Crippen LogP contribution in [-0.2, 0) is 10.0 Å². The van der Waals surface area contributed by atoms with Crippen LogP contribution < -0.4 is 5.32 Å². The van der Waals surface area contributed by atoms with Crippen molar-refractivity contribution < 1.29 is 8.42 Å². The van der Waals surface area contributed by atoms with Crippen LogP contribution in [0.25, 0.3) is 0 Å². The minimum atomic E-state index is -3.03. The van der Waals surface area contributed by atoms with E-state index in [1.165, 1.54) is 12.8 Å². The van der Waals surface area contributed by atoms with Crippen LogP contribution in [-0.4, -0.2) is 44.2 Å². The van der Waals surface area contributed by atoms with E-state index in [0.29, 0.717) is 24.8 Å². The molecule has 0 aromatic rings. The van der Waals surface area contributed by atoms with Crippen molar-refractivity contribution in [1.29, 1.82) is 0 Å². The quantitative estimate of drug-likeness (QED) is 0.734. The van der Waals surface area contributed by atoms with Crippen molar-refractivity contribution in [1.82, 2.24) is 9.62 Å². The molecule has 4 nitrogen and oxygen atoms in total. The number of hydrogen-bond donors (Lipinski definition) is 1.